The van der Waals surface area contributed by atoms with Gasteiger partial charge in [0, 0.05) is 6.42 Å². The second-order valence-corrected chi connectivity index (χ2v) is 4.63. The van der Waals surface area contributed by atoms with Crippen molar-refractivity contribution in [1.29, 1.82) is 0 Å². The second kappa shape index (κ2) is 5.97. The smallest absolute Gasteiger partial charge is 0.329 e. The number of carboxylic acids is 1. The third-order valence-corrected chi connectivity index (χ3v) is 2.79. The molecule has 0 aliphatic carbocycles. The van der Waals surface area contributed by atoms with E-state index in [4.69, 9.17) is 15.6 Å². The van der Waals surface area contributed by atoms with Gasteiger partial charge in [-0.05, 0) is 26.3 Å². The van der Waals surface area contributed by atoms with Crippen molar-refractivity contribution in [2.45, 2.75) is 31.8 Å². The third kappa shape index (κ3) is 4.32. The number of hydrogen-bond donors (Lipinski definition) is 2. The first-order valence-corrected chi connectivity index (χ1v) is 5.80. The molecule has 1 fully saturated rings. The summed E-state index contributed by atoms with van der Waals surface area (Å²) in [4.78, 5) is 23.7. The largest absolute Gasteiger partial charge is 0.480 e. The third-order valence-electron chi connectivity index (χ3n) is 2.79. The summed E-state index contributed by atoms with van der Waals surface area (Å²) in [7, 11) is 0. The average Bonchev–Trinajstić information content (AvgIpc) is 2.22. The Labute approximate surface area is 101 Å². The number of carbonyl (C=O) groups is 2. The van der Waals surface area contributed by atoms with Crippen LogP contribution in [0, 0.1) is 0 Å². The van der Waals surface area contributed by atoms with Crippen molar-refractivity contribution < 1.29 is 19.4 Å². The second-order valence-electron chi connectivity index (χ2n) is 4.63. The number of ether oxygens (including phenoxy) is 1. The molecule has 0 aromatic heterocycles. The maximum absolute atomic E-state index is 11.6. The lowest BCUT2D eigenvalue weighted by Gasteiger charge is -2.47. The van der Waals surface area contributed by atoms with E-state index in [1.54, 1.807) is 4.90 Å². The van der Waals surface area contributed by atoms with Gasteiger partial charge in [-0.3, -0.25) is 4.79 Å². The van der Waals surface area contributed by atoms with E-state index in [9.17, 15) is 9.59 Å². The number of amides is 1. The molecule has 6 heteroatoms. The number of nitrogens with zero attached hydrogens (tertiary/aromatic N) is 1. The minimum absolute atomic E-state index is 0.0925. The molecule has 1 heterocycles. The molecule has 6 nitrogen and oxygen atoms in total. The molecule has 0 aromatic carbocycles. The number of nitrogens with two attached hydrogens (primary N) is 1. The lowest BCUT2D eigenvalue weighted by molar-refractivity contribution is -0.173. The molecule has 98 valence electrons. The standard InChI is InChI=1S/C11H20N2O4/c1-11(17-6-10(15)16)7-13(8-11)9(14)4-2-3-5-12/h2-8,12H2,1H3,(H,15,16). The maximum atomic E-state index is 11.6. The van der Waals surface area contributed by atoms with Crippen LogP contribution in [0.4, 0.5) is 0 Å². The summed E-state index contributed by atoms with van der Waals surface area (Å²) in [5.74, 6) is -0.895. The van der Waals surface area contributed by atoms with Gasteiger partial charge >= 0.3 is 5.97 Å². The van der Waals surface area contributed by atoms with E-state index in [2.05, 4.69) is 0 Å². The summed E-state index contributed by atoms with van der Waals surface area (Å²) < 4.78 is 5.22. The summed E-state index contributed by atoms with van der Waals surface area (Å²) in [5.41, 5.74) is 4.85. The van der Waals surface area contributed by atoms with E-state index < -0.39 is 11.6 Å². The Hall–Kier alpha value is -1.14. The summed E-state index contributed by atoms with van der Waals surface area (Å²) >= 11 is 0. The highest BCUT2D eigenvalue weighted by Gasteiger charge is 2.42. The zero-order chi connectivity index (χ0) is 12.9. The zero-order valence-electron chi connectivity index (χ0n) is 10.1. The van der Waals surface area contributed by atoms with E-state index >= 15 is 0 Å². The highest BCUT2D eigenvalue weighted by Crippen LogP contribution is 2.25. The molecular weight excluding hydrogens is 224 g/mol. The number of aliphatic carboxylic acids is 1. The first-order chi connectivity index (χ1) is 7.97. The van der Waals surface area contributed by atoms with Gasteiger partial charge in [0.1, 0.15) is 12.2 Å². The van der Waals surface area contributed by atoms with Crippen molar-refractivity contribution in [2.75, 3.05) is 26.2 Å². The lowest BCUT2D eigenvalue weighted by Crippen LogP contribution is -2.63. The Morgan fingerprint density at radius 2 is 2.06 bits per heavy atom. The Balaban J connectivity index is 2.20. The molecule has 1 aliphatic heterocycles. The van der Waals surface area contributed by atoms with E-state index in [-0.39, 0.29) is 12.5 Å². The van der Waals surface area contributed by atoms with Gasteiger partial charge < -0.3 is 20.5 Å². The number of hydrogen-bond acceptors (Lipinski definition) is 4. The van der Waals surface area contributed by atoms with Gasteiger partial charge in [-0.15, -0.1) is 0 Å². The molecular formula is C11H20N2O4. The summed E-state index contributed by atoms with van der Waals surface area (Å²) in [5, 5.41) is 8.50. The van der Waals surface area contributed by atoms with Crippen molar-refractivity contribution in [3.8, 4) is 0 Å². The molecule has 1 amide bonds. The zero-order valence-corrected chi connectivity index (χ0v) is 10.1. The van der Waals surface area contributed by atoms with Crippen LogP contribution in [0.3, 0.4) is 0 Å². The van der Waals surface area contributed by atoms with Gasteiger partial charge in [0.2, 0.25) is 5.91 Å². The fourth-order valence-electron chi connectivity index (χ4n) is 1.84. The molecule has 3 N–H and O–H groups in total. The predicted molar refractivity (Wildman–Crippen MR) is 61.5 cm³/mol. The quantitative estimate of drug-likeness (QED) is 0.606. The highest BCUT2D eigenvalue weighted by atomic mass is 16.5. The van der Waals surface area contributed by atoms with Gasteiger partial charge in [0.15, 0.2) is 0 Å². The number of rotatable bonds is 7. The summed E-state index contributed by atoms with van der Waals surface area (Å²) in [6.07, 6.45) is 2.16. The van der Waals surface area contributed by atoms with Crippen molar-refractivity contribution in [2.24, 2.45) is 5.73 Å². The van der Waals surface area contributed by atoms with Crippen LogP contribution in [-0.4, -0.2) is 53.7 Å². The number of unbranched alkanes of at least 4 members (excludes halogenated alkanes) is 1. The molecule has 1 saturated heterocycles. The summed E-state index contributed by atoms with van der Waals surface area (Å²) in [6, 6.07) is 0. The van der Waals surface area contributed by atoms with Crippen LogP contribution < -0.4 is 5.73 Å². The van der Waals surface area contributed by atoms with Gasteiger partial charge in [-0.2, -0.15) is 0 Å². The predicted octanol–water partition coefficient (Wildman–Crippen LogP) is -0.182. The first kappa shape index (κ1) is 13.9. The Morgan fingerprint density at radius 3 is 2.59 bits per heavy atom. The normalized spacial score (nSPS) is 17.6. The van der Waals surface area contributed by atoms with Crippen LogP contribution in [0.1, 0.15) is 26.2 Å². The molecule has 0 aromatic rings. The average molecular weight is 244 g/mol. The Morgan fingerprint density at radius 1 is 1.41 bits per heavy atom. The van der Waals surface area contributed by atoms with Gasteiger partial charge in [-0.25, -0.2) is 4.79 Å². The molecule has 0 unspecified atom stereocenters. The van der Waals surface area contributed by atoms with Crippen LogP contribution >= 0.6 is 0 Å². The van der Waals surface area contributed by atoms with Crippen LogP contribution in [0.5, 0.6) is 0 Å². The van der Waals surface area contributed by atoms with Gasteiger partial charge in [0.05, 0.1) is 13.1 Å². The fraction of sp³-hybridized carbons (Fsp3) is 0.818. The Kier molecular flexibility index (Phi) is 4.89. The monoisotopic (exact) mass is 244 g/mol. The van der Waals surface area contributed by atoms with E-state index in [0.717, 1.165) is 12.8 Å². The van der Waals surface area contributed by atoms with Crippen LogP contribution in [0.15, 0.2) is 0 Å². The number of carboxylic acid groups (broad SMARTS) is 1. The first-order valence-electron chi connectivity index (χ1n) is 5.80. The maximum Gasteiger partial charge on any atom is 0.329 e. The van der Waals surface area contributed by atoms with Crippen LogP contribution in [0.25, 0.3) is 0 Å². The van der Waals surface area contributed by atoms with Crippen molar-refractivity contribution >= 4 is 11.9 Å². The van der Waals surface area contributed by atoms with E-state index in [1.165, 1.54) is 0 Å². The molecule has 0 atom stereocenters. The topological polar surface area (TPSA) is 92.9 Å². The molecule has 0 spiro atoms. The van der Waals surface area contributed by atoms with Crippen molar-refractivity contribution in [3.05, 3.63) is 0 Å². The summed E-state index contributed by atoms with van der Waals surface area (Å²) in [6.45, 7) is 3.06. The lowest BCUT2D eigenvalue weighted by atomic mass is 9.95. The molecule has 1 aliphatic rings. The SMILES string of the molecule is CC1(OCC(=O)O)CN(C(=O)CCCCN)C1. The minimum Gasteiger partial charge on any atom is -0.480 e. The molecule has 1 rings (SSSR count). The fourth-order valence-corrected chi connectivity index (χ4v) is 1.84. The van der Waals surface area contributed by atoms with Gasteiger partial charge in [-0.1, -0.05) is 0 Å². The van der Waals surface area contributed by atoms with Crippen molar-refractivity contribution in [1.82, 2.24) is 4.90 Å². The van der Waals surface area contributed by atoms with E-state index in [0.29, 0.717) is 26.1 Å². The minimum atomic E-state index is -0.987. The Bertz CT molecular complexity index is 287. The molecule has 0 radical (unpaired) electrons. The van der Waals surface area contributed by atoms with Crippen molar-refractivity contribution in [3.63, 3.8) is 0 Å². The molecule has 0 bridgehead atoms. The number of likely N-dealkylation sites (tertiary alicyclic amines) is 1. The van der Waals surface area contributed by atoms with Gasteiger partial charge in [0.25, 0.3) is 0 Å². The molecule has 0 saturated carbocycles. The highest BCUT2D eigenvalue weighted by molar-refractivity contribution is 5.77. The van der Waals surface area contributed by atoms with Crippen LogP contribution in [-0.2, 0) is 14.3 Å². The van der Waals surface area contributed by atoms with Crippen LogP contribution in [0.2, 0.25) is 0 Å². The molecule has 17 heavy (non-hydrogen) atoms. The van der Waals surface area contributed by atoms with E-state index in [1.807, 2.05) is 6.92 Å². The number of carbonyl (C=O) groups excluding carboxylic acids is 1.